The SMILES string of the molecule is COc1cc(C)c(-c2c(OC)ccc(OC)c2C=O)c(C)c1. The standard InChI is InChI=1S/C18H20O4/c1-11-8-13(20-3)9-12(2)17(11)18-14(10-19)15(21-4)6-7-16(18)22-5/h6-10H,1-5H3. The minimum absolute atomic E-state index is 0.484. The van der Waals surface area contributed by atoms with Crippen LogP contribution in [0.4, 0.5) is 0 Å². The average Bonchev–Trinajstić information content (AvgIpc) is 2.53. The Morgan fingerprint density at radius 3 is 1.82 bits per heavy atom. The summed E-state index contributed by atoms with van der Waals surface area (Å²) in [5.41, 5.74) is 4.20. The minimum Gasteiger partial charge on any atom is -0.497 e. The van der Waals surface area contributed by atoms with Crippen LogP contribution < -0.4 is 14.2 Å². The first kappa shape index (κ1) is 15.9. The Morgan fingerprint density at radius 2 is 1.36 bits per heavy atom. The Balaban J connectivity index is 2.84. The zero-order valence-corrected chi connectivity index (χ0v) is 13.5. The predicted molar refractivity (Wildman–Crippen MR) is 86.4 cm³/mol. The molecule has 0 amide bonds. The molecule has 4 heteroatoms. The van der Waals surface area contributed by atoms with Crippen LogP contribution in [0, 0.1) is 13.8 Å². The third-order valence-electron chi connectivity index (χ3n) is 3.72. The lowest BCUT2D eigenvalue weighted by molar-refractivity contribution is 0.112. The number of methoxy groups -OCH3 is 3. The van der Waals surface area contributed by atoms with Crippen molar-refractivity contribution in [2.24, 2.45) is 0 Å². The third kappa shape index (κ3) is 2.64. The summed E-state index contributed by atoms with van der Waals surface area (Å²) in [5.74, 6) is 1.95. The van der Waals surface area contributed by atoms with E-state index < -0.39 is 0 Å². The van der Waals surface area contributed by atoms with Crippen molar-refractivity contribution in [3.05, 3.63) is 41.0 Å². The maximum absolute atomic E-state index is 11.6. The summed E-state index contributed by atoms with van der Waals surface area (Å²) in [6.45, 7) is 3.97. The Kier molecular flexibility index (Phi) is 4.71. The van der Waals surface area contributed by atoms with Crippen LogP contribution in [0.1, 0.15) is 21.5 Å². The Bertz CT molecular complexity index is 681. The second-order valence-electron chi connectivity index (χ2n) is 5.01. The van der Waals surface area contributed by atoms with E-state index in [0.717, 1.165) is 34.3 Å². The third-order valence-corrected chi connectivity index (χ3v) is 3.72. The molecule has 0 aliphatic carbocycles. The van der Waals surface area contributed by atoms with Crippen molar-refractivity contribution in [2.75, 3.05) is 21.3 Å². The quantitative estimate of drug-likeness (QED) is 0.788. The van der Waals surface area contributed by atoms with Crippen molar-refractivity contribution in [2.45, 2.75) is 13.8 Å². The number of ether oxygens (including phenoxy) is 3. The van der Waals surface area contributed by atoms with E-state index in [1.54, 1.807) is 27.4 Å². The summed E-state index contributed by atoms with van der Waals surface area (Å²) < 4.78 is 16.1. The summed E-state index contributed by atoms with van der Waals surface area (Å²) in [6, 6.07) is 7.43. The molecular formula is C18H20O4. The van der Waals surface area contributed by atoms with E-state index in [4.69, 9.17) is 14.2 Å². The van der Waals surface area contributed by atoms with E-state index in [-0.39, 0.29) is 0 Å². The van der Waals surface area contributed by atoms with Crippen molar-refractivity contribution in [1.82, 2.24) is 0 Å². The molecular weight excluding hydrogens is 280 g/mol. The average molecular weight is 300 g/mol. The molecule has 0 aliphatic rings. The molecule has 22 heavy (non-hydrogen) atoms. The molecule has 0 aromatic heterocycles. The monoisotopic (exact) mass is 300 g/mol. The minimum atomic E-state index is 0.484. The van der Waals surface area contributed by atoms with Crippen LogP contribution in [0.3, 0.4) is 0 Å². The Morgan fingerprint density at radius 1 is 0.818 bits per heavy atom. The van der Waals surface area contributed by atoms with Gasteiger partial charge < -0.3 is 14.2 Å². The Labute approximate surface area is 130 Å². The van der Waals surface area contributed by atoms with Crippen molar-refractivity contribution < 1.29 is 19.0 Å². The molecule has 0 bridgehead atoms. The van der Waals surface area contributed by atoms with Gasteiger partial charge in [0.2, 0.25) is 0 Å². The van der Waals surface area contributed by atoms with Gasteiger partial charge in [0.05, 0.1) is 26.9 Å². The topological polar surface area (TPSA) is 44.8 Å². The molecule has 0 saturated heterocycles. The highest BCUT2D eigenvalue weighted by Crippen LogP contribution is 2.41. The second-order valence-corrected chi connectivity index (χ2v) is 5.01. The van der Waals surface area contributed by atoms with Crippen LogP contribution in [0.15, 0.2) is 24.3 Å². The molecule has 2 aromatic rings. The van der Waals surface area contributed by atoms with Gasteiger partial charge in [-0.3, -0.25) is 4.79 Å². The number of carbonyl (C=O) groups is 1. The van der Waals surface area contributed by atoms with E-state index in [0.29, 0.717) is 17.1 Å². The van der Waals surface area contributed by atoms with Crippen molar-refractivity contribution in [3.8, 4) is 28.4 Å². The summed E-state index contributed by atoms with van der Waals surface area (Å²) in [6.07, 6.45) is 0.805. The van der Waals surface area contributed by atoms with E-state index in [2.05, 4.69) is 0 Å². The summed E-state index contributed by atoms with van der Waals surface area (Å²) in [5, 5.41) is 0. The van der Waals surface area contributed by atoms with Gasteiger partial charge >= 0.3 is 0 Å². The summed E-state index contributed by atoms with van der Waals surface area (Å²) in [4.78, 5) is 11.6. The van der Waals surface area contributed by atoms with Gasteiger partial charge in [-0.2, -0.15) is 0 Å². The first-order valence-corrected chi connectivity index (χ1v) is 6.93. The Hall–Kier alpha value is -2.49. The fourth-order valence-corrected chi connectivity index (χ4v) is 2.74. The van der Waals surface area contributed by atoms with Gasteiger partial charge in [-0.1, -0.05) is 0 Å². The van der Waals surface area contributed by atoms with Gasteiger partial charge in [0, 0.05) is 5.56 Å². The molecule has 0 aliphatic heterocycles. The zero-order chi connectivity index (χ0) is 16.3. The number of carbonyl (C=O) groups excluding carboxylic acids is 1. The number of aldehydes is 1. The van der Waals surface area contributed by atoms with Crippen molar-refractivity contribution in [3.63, 3.8) is 0 Å². The number of hydrogen-bond acceptors (Lipinski definition) is 4. The molecule has 0 saturated carbocycles. The molecule has 2 aromatic carbocycles. The van der Waals surface area contributed by atoms with Gasteiger partial charge in [-0.05, 0) is 54.8 Å². The molecule has 0 heterocycles. The van der Waals surface area contributed by atoms with Gasteiger partial charge in [-0.25, -0.2) is 0 Å². The first-order valence-electron chi connectivity index (χ1n) is 6.93. The molecule has 0 fully saturated rings. The van der Waals surface area contributed by atoms with Gasteiger partial charge in [-0.15, -0.1) is 0 Å². The summed E-state index contributed by atoms with van der Waals surface area (Å²) >= 11 is 0. The first-order chi connectivity index (χ1) is 10.6. The predicted octanol–water partition coefficient (Wildman–Crippen LogP) is 3.81. The van der Waals surface area contributed by atoms with Gasteiger partial charge in [0.25, 0.3) is 0 Å². The maximum atomic E-state index is 11.6. The van der Waals surface area contributed by atoms with Gasteiger partial charge in [0.1, 0.15) is 17.2 Å². The highest BCUT2D eigenvalue weighted by Gasteiger charge is 2.20. The highest BCUT2D eigenvalue weighted by atomic mass is 16.5. The fourth-order valence-electron chi connectivity index (χ4n) is 2.74. The van der Waals surface area contributed by atoms with Crippen molar-refractivity contribution in [1.29, 1.82) is 0 Å². The lowest BCUT2D eigenvalue weighted by Crippen LogP contribution is -2.00. The molecule has 0 radical (unpaired) electrons. The molecule has 0 atom stereocenters. The fraction of sp³-hybridized carbons (Fsp3) is 0.278. The smallest absolute Gasteiger partial charge is 0.154 e. The van der Waals surface area contributed by atoms with Crippen LogP contribution in [-0.4, -0.2) is 27.6 Å². The molecule has 4 nitrogen and oxygen atoms in total. The molecule has 116 valence electrons. The van der Waals surface area contributed by atoms with Crippen LogP contribution in [0.25, 0.3) is 11.1 Å². The van der Waals surface area contributed by atoms with E-state index in [1.807, 2.05) is 32.0 Å². The van der Waals surface area contributed by atoms with E-state index in [1.165, 1.54) is 0 Å². The summed E-state index contributed by atoms with van der Waals surface area (Å²) in [7, 11) is 4.78. The lowest BCUT2D eigenvalue weighted by atomic mass is 9.91. The van der Waals surface area contributed by atoms with E-state index in [9.17, 15) is 4.79 Å². The normalized spacial score (nSPS) is 10.2. The molecule has 2 rings (SSSR count). The number of benzene rings is 2. The number of hydrogen-bond donors (Lipinski definition) is 0. The van der Waals surface area contributed by atoms with Crippen LogP contribution in [0.5, 0.6) is 17.2 Å². The molecule has 0 N–H and O–H groups in total. The van der Waals surface area contributed by atoms with Gasteiger partial charge in [0.15, 0.2) is 6.29 Å². The zero-order valence-electron chi connectivity index (χ0n) is 13.5. The lowest BCUT2D eigenvalue weighted by Gasteiger charge is -2.18. The van der Waals surface area contributed by atoms with E-state index >= 15 is 0 Å². The number of rotatable bonds is 5. The van der Waals surface area contributed by atoms with Crippen LogP contribution in [0.2, 0.25) is 0 Å². The second kappa shape index (κ2) is 6.52. The molecule has 0 unspecified atom stereocenters. The van der Waals surface area contributed by atoms with Crippen LogP contribution in [-0.2, 0) is 0 Å². The van der Waals surface area contributed by atoms with Crippen LogP contribution >= 0.6 is 0 Å². The maximum Gasteiger partial charge on any atom is 0.154 e. The highest BCUT2D eigenvalue weighted by molar-refractivity contribution is 5.95. The largest absolute Gasteiger partial charge is 0.497 e. The number of aryl methyl sites for hydroxylation is 2. The van der Waals surface area contributed by atoms with Crippen molar-refractivity contribution >= 4 is 6.29 Å². The molecule has 0 spiro atoms.